The van der Waals surface area contributed by atoms with Crippen molar-refractivity contribution in [1.82, 2.24) is 5.32 Å². The lowest BCUT2D eigenvalue weighted by Crippen LogP contribution is -2.66. The Bertz CT molecular complexity index is 1670. The van der Waals surface area contributed by atoms with E-state index in [2.05, 4.69) is 43.5 Å². The van der Waals surface area contributed by atoms with Crippen LogP contribution in [0.1, 0.15) is 239 Å². The normalized spacial score (nSPS) is 29.4. The maximum Gasteiger partial charge on any atom is 0.220 e. The number of unbranched alkanes of at least 4 members (excludes halogenated alkanes) is 30. The second kappa shape index (κ2) is 47.9. The molecule has 3 saturated heterocycles. The predicted molar refractivity (Wildman–Crippen MR) is 323 cm³/mol. The Labute approximate surface area is 504 Å². The van der Waals surface area contributed by atoms with Gasteiger partial charge in [0.15, 0.2) is 18.9 Å². The van der Waals surface area contributed by atoms with E-state index < -0.39 is 124 Å². The number of amides is 1. The topological polar surface area (TPSA) is 307 Å². The number of hydrogen-bond acceptors (Lipinski definition) is 18. The second-order valence-electron chi connectivity index (χ2n) is 23.9. The molecule has 84 heavy (non-hydrogen) atoms. The van der Waals surface area contributed by atoms with Gasteiger partial charge in [-0.3, -0.25) is 4.79 Å². The molecule has 17 atom stereocenters. The van der Waals surface area contributed by atoms with Crippen LogP contribution in [0.15, 0.2) is 36.5 Å². The first-order valence-corrected chi connectivity index (χ1v) is 33.2. The van der Waals surface area contributed by atoms with Gasteiger partial charge in [0.05, 0.1) is 38.6 Å². The summed E-state index contributed by atoms with van der Waals surface area (Å²) in [6.07, 6.45) is 27.4. The predicted octanol–water partition coefficient (Wildman–Crippen LogP) is 7.66. The summed E-state index contributed by atoms with van der Waals surface area (Å²) in [6, 6.07) is -0.986. The monoisotopic (exact) mass is 1200 g/mol. The van der Waals surface area contributed by atoms with E-state index in [0.29, 0.717) is 12.8 Å². The average molecular weight is 1200 g/mol. The van der Waals surface area contributed by atoms with Crippen LogP contribution < -0.4 is 5.32 Å². The molecule has 492 valence electrons. The fourth-order valence-corrected chi connectivity index (χ4v) is 11.2. The van der Waals surface area contributed by atoms with E-state index in [-0.39, 0.29) is 18.9 Å². The van der Waals surface area contributed by atoms with Gasteiger partial charge in [0.1, 0.15) is 73.2 Å². The lowest BCUT2D eigenvalue weighted by Gasteiger charge is -2.48. The van der Waals surface area contributed by atoms with Crippen LogP contribution in [-0.2, 0) is 33.2 Å². The SMILES string of the molecule is CCCCCC/C=C/CC/C=C/C(O)C(COC1OC(CO)C(OC2OC(CO)C(OC3OC(CO)C(O)C(O)C3O)C(O)C2O)C(O)C1O)NC(=O)CCCCCCCCCCCCCCCCCCC/C=C\CCCCCCCCCC. The molecule has 3 heterocycles. The van der Waals surface area contributed by atoms with Gasteiger partial charge in [0.25, 0.3) is 0 Å². The molecular weight excluding hydrogens is 1080 g/mol. The molecule has 12 N–H and O–H groups in total. The van der Waals surface area contributed by atoms with Crippen molar-refractivity contribution < 1.29 is 89.4 Å². The molecule has 0 radical (unpaired) electrons. The fraction of sp³-hybridized carbons (Fsp3) is 0.892. The second-order valence-corrected chi connectivity index (χ2v) is 23.9. The van der Waals surface area contributed by atoms with Gasteiger partial charge >= 0.3 is 0 Å². The first-order valence-electron chi connectivity index (χ1n) is 33.2. The van der Waals surface area contributed by atoms with Crippen LogP contribution in [0, 0.1) is 0 Å². The van der Waals surface area contributed by atoms with Crippen LogP contribution in [0.2, 0.25) is 0 Å². The van der Waals surface area contributed by atoms with Crippen molar-refractivity contribution in [3.8, 4) is 0 Å². The molecule has 0 aliphatic carbocycles. The Morgan fingerprint density at radius 2 is 0.762 bits per heavy atom. The first kappa shape index (κ1) is 76.3. The third-order valence-corrected chi connectivity index (χ3v) is 16.7. The smallest absolute Gasteiger partial charge is 0.220 e. The molecule has 19 nitrogen and oxygen atoms in total. The van der Waals surface area contributed by atoms with E-state index in [9.17, 15) is 61.0 Å². The molecule has 0 aromatic carbocycles. The van der Waals surface area contributed by atoms with Crippen LogP contribution in [-0.4, -0.2) is 193 Å². The van der Waals surface area contributed by atoms with Crippen LogP contribution in [0.5, 0.6) is 0 Å². The van der Waals surface area contributed by atoms with Gasteiger partial charge in [-0.2, -0.15) is 0 Å². The summed E-state index contributed by atoms with van der Waals surface area (Å²) in [4.78, 5) is 13.3. The van der Waals surface area contributed by atoms with Gasteiger partial charge in [0, 0.05) is 6.42 Å². The molecule has 3 fully saturated rings. The molecule has 0 aromatic heterocycles. The molecule has 0 spiro atoms. The molecule has 3 rings (SSSR count). The van der Waals surface area contributed by atoms with Gasteiger partial charge in [0.2, 0.25) is 5.91 Å². The maximum absolute atomic E-state index is 13.3. The summed E-state index contributed by atoms with van der Waals surface area (Å²) in [6.45, 7) is 1.67. The van der Waals surface area contributed by atoms with E-state index in [1.165, 1.54) is 167 Å². The number of aliphatic hydroxyl groups excluding tert-OH is 11. The van der Waals surface area contributed by atoms with Crippen molar-refractivity contribution in [1.29, 1.82) is 0 Å². The fourth-order valence-electron chi connectivity index (χ4n) is 11.2. The number of nitrogens with one attached hydrogen (secondary N) is 1. The zero-order chi connectivity index (χ0) is 61.2. The third-order valence-electron chi connectivity index (χ3n) is 16.7. The average Bonchev–Trinajstić information content (AvgIpc) is 2.86. The first-order chi connectivity index (χ1) is 40.8. The number of ether oxygens (including phenoxy) is 6. The summed E-state index contributed by atoms with van der Waals surface area (Å²) < 4.78 is 34.2. The minimum atomic E-state index is -1.98. The minimum absolute atomic E-state index is 0.238. The Kier molecular flexibility index (Phi) is 43.5. The molecular formula is C65H119NO18. The van der Waals surface area contributed by atoms with E-state index in [0.717, 1.165) is 38.5 Å². The zero-order valence-electron chi connectivity index (χ0n) is 51.6. The quantitative estimate of drug-likeness (QED) is 0.0205. The maximum atomic E-state index is 13.3. The highest BCUT2D eigenvalue weighted by Gasteiger charge is 2.53. The largest absolute Gasteiger partial charge is 0.394 e. The Morgan fingerprint density at radius 1 is 0.417 bits per heavy atom. The summed E-state index contributed by atoms with van der Waals surface area (Å²) >= 11 is 0. The summed E-state index contributed by atoms with van der Waals surface area (Å²) in [5, 5.41) is 120. The lowest BCUT2D eigenvalue weighted by atomic mass is 9.96. The van der Waals surface area contributed by atoms with Crippen molar-refractivity contribution in [3.63, 3.8) is 0 Å². The zero-order valence-corrected chi connectivity index (χ0v) is 51.6. The van der Waals surface area contributed by atoms with Crippen LogP contribution in [0.4, 0.5) is 0 Å². The molecule has 0 aromatic rings. The van der Waals surface area contributed by atoms with E-state index in [1.807, 2.05) is 6.08 Å². The van der Waals surface area contributed by atoms with Crippen molar-refractivity contribution in [2.75, 3.05) is 26.4 Å². The Hall–Kier alpha value is -1.99. The molecule has 3 aliphatic heterocycles. The third kappa shape index (κ3) is 30.5. The molecule has 0 bridgehead atoms. The van der Waals surface area contributed by atoms with Crippen LogP contribution in [0.25, 0.3) is 0 Å². The number of rotatable bonds is 50. The number of carbonyl (C=O) groups excluding carboxylic acids is 1. The minimum Gasteiger partial charge on any atom is -0.394 e. The van der Waals surface area contributed by atoms with Gasteiger partial charge in [-0.25, -0.2) is 0 Å². The number of carbonyl (C=O) groups is 1. The van der Waals surface area contributed by atoms with Gasteiger partial charge in [-0.05, 0) is 57.8 Å². The van der Waals surface area contributed by atoms with E-state index >= 15 is 0 Å². The van der Waals surface area contributed by atoms with Gasteiger partial charge in [-0.15, -0.1) is 0 Å². The standard InChI is InChI=1S/C65H119NO18/c1-3-5-7-9-11-13-15-16-17-18-19-20-21-22-23-24-25-26-27-28-29-30-31-32-33-35-37-39-41-43-53(71)66-48(49(70)42-40-38-36-34-14-12-10-8-6-4-2)47-79-63-59(77)56(74)61(51(45-68)81-63)84-65-60(78)57(75)62(52(46-69)82-65)83-64-58(76)55(73)54(72)50(44-67)80-64/h14,18-19,34,40,42,48-52,54-65,67-70,72-78H,3-13,15-17,20-33,35-39,41,43-47H2,1-2H3,(H,66,71)/b19-18-,34-14+,42-40+. The van der Waals surface area contributed by atoms with Crippen molar-refractivity contribution >= 4 is 5.91 Å². The Balaban J connectivity index is 1.37. The van der Waals surface area contributed by atoms with Crippen LogP contribution >= 0.6 is 0 Å². The number of aliphatic hydroxyl groups is 11. The molecule has 0 saturated carbocycles. The van der Waals surface area contributed by atoms with Crippen molar-refractivity contribution in [2.45, 2.75) is 343 Å². The molecule has 3 aliphatic rings. The van der Waals surface area contributed by atoms with Crippen molar-refractivity contribution in [2.24, 2.45) is 0 Å². The molecule has 19 heteroatoms. The van der Waals surface area contributed by atoms with E-state index in [4.69, 9.17) is 28.4 Å². The highest BCUT2D eigenvalue weighted by atomic mass is 16.8. The molecule has 17 unspecified atom stereocenters. The lowest BCUT2D eigenvalue weighted by molar-refractivity contribution is -0.379. The van der Waals surface area contributed by atoms with Gasteiger partial charge < -0.3 is 89.9 Å². The Morgan fingerprint density at radius 3 is 1.20 bits per heavy atom. The molecule has 1 amide bonds. The number of allylic oxidation sites excluding steroid dienone is 5. The summed E-state index contributed by atoms with van der Waals surface area (Å²) in [5.74, 6) is -0.285. The van der Waals surface area contributed by atoms with E-state index in [1.54, 1.807) is 6.08 Å². The summed E-state index contributed by atoms with van der Waals surface area (Å²) in [7, 11) is 0. The number of hydrogen-bond donors (Lipinski definition) is 12. The highest BCUT2D eigenvalue weighted by molar-refractivity contribution is 5.76. The van der Waals surface area contributed by atoms with Crippen molar-refractivity contribution in [3.05, 3.63) is 36.5 Å². The van der Waals surface area contributed by atoms with Crippen LogP contribution in [0.3, 0.4) is 0 Å². The summed E-state index contributed by atoms with van der Waals surface area (Å²) in [5.41, 5.74) is 0. The highest BCUT2D eigenvalue weighted by Crippen LogP contribution is 2.33. The van der Waals surface area contributed by atoms with Gasteiger partial charge in [-0.1, -0.05) is 211 Å².